The molecule has 0 amide bonds. The normalized spacial score (nSPS) is 10.6. The number of nitrogens with one attached hydrogen (secondary N) is 1. The van der Waals surface area contributed by atoms with E-state index in [0.717, 1.165) is 22.5 Å². The largest absolute Gasteiger partial charge is 0.380 e. The Bertz CT molecular complexity index is 737. The highest BCUT2D eigenvalue weighted by molar-refractivity contribution is 6.30. The van der Waals surface area contributed by atoms with E-state index in [4.69, 9.17) is 11.6 Å². The molecule has 3 rings (SSSR count). The lowest BCUT2D eigenvalue weighted by molar-refractivity contribution is 0.880. The maximum absolute atomic E-state index is 5.92. The van der Waals surface area contributed by atoms with Gasteiger partial charge in [-0.2, -0.15) is 5.10 Å². The van der Waals surface area contributed by atoms with Gasteiger partial charge in [-0.3, -0.25) is 0 Å². The van der Waals surface area contributed by atoms with Crippen molar-refractivity contribution in [1.29, 1.82) is 0 Å². The van der Waals surface area contributed by atoms with E-state index in [-0.39, 0.29) is 0 Å². The van der Waals surface area contributed by atoms with E-state index in [1.165, 1.54) is 0 Å². The Morgan fingerprint density at radius 2 is 2.00 bits per heavy atom. The van der Waals surface area contributed by atoms with Gasteiger partial charge in [0, 0.05) is 18.3 Å². The van der Waals surface area contributed by atoms with Crippen LogP contribution in [0.3, 0.4) is 0 Å². The first-order valence-corrected chi connectivity index (χ1v) is 7.05. The summed E-state index contributed by atoms with van der Waals surface area (Å²) in [4.78, 5) is 4.13. The summed E-state index contributed by atoms with van der Waals surface area (Å²) in [6, 6.07) is 12.0. The summed E-state index contributed by atoms with van der Waals surface area (Å²) in [5, 5.41) is 8.23. The van der Waals surface area contributed by atoms with Crippen LogP contribution in [-0.2, 0) is 6.54 Å². The van der Waals surface area contributed by atoms with Crippen molar-refractivity contribution in [3.63, 3.8) is 0 Å². The number of hydrogen-bond acceptors (Lipinski definition) is 3. The second-order valence-corrected chi connectivity index (χ2v) is 5.17. The number of anilines is 1. The summed E-state index contributed by atoms with van der Waals surface area (Å²) in [5.74, 6) is 0. The van der Waals surface area contributed by atoms with Crippen LogP contribution in [0.1, 0.15) is 11.1 Å². The Balaban J connectivity index is 1.69. The van der Waals surface area contributed by atoms with E-state index in [1.54, 1.807) is 6.20 Å². The van der Waals surface area contributed by atoms with Crippen molar-refractivity contribution in [2.75, 3.05) is 5.32 Å². The summed E-state index contributed by atoms with van der Waals surface area (Å²) in [7, 11) is 0. The van der Waals surface area contributed by atoms with E-state index in [9.17, 15) is 0 Å². The van der Waals surface area contributed by atoms with Gasteiger partial charge in [0.2, 0.25) is 0 Å². The molecule has 2 heterocycles. The molecule has 1 aromatic carbocycles. The third-order valence-electron chi connectivity index (χ3n) is 3.17. The lowest BCUT2D eigenvalue weighted by Gasteiger charge is -2.06. The van der Waals surface area contributed by atoms with Crippen LogP contribution in [0.25, 0.3) is 5.69 Å². The van der Waals surface area contributed by atoms with Crippen molar-refractivity contribution in [1.82, 2.24) is 14.8 Å². The number of nitrogens with zero attached hydrogens (tertiary/aromatic N) is 3. The van der Waals surface area contributed by atoms with Gasteiger partial charge in [-0.05, 0) is 30.7 Å². The van der Waals surface area contributed by atoms with Crippen LogP contribution in [0.15, 0.2) is 55.0 Å². The molecule has 0 saturated heterocycles. The summed E-state index contributed by atoms with van der Waals surface area (Å²) in [5.41, 5.74) is 4.06. The average molecular weight is 299 g/mol. The van der Waals surface area contributed by atoms with Crippen molar-refractivity contribution in [2.24, 2.45) is 0 Å². The van der Waals surface area contributed by atoms with Gasteiger partial charge < -0.3 is 5.32 Å². The zero-order chi connectivity index (χ0) is 14.7. The number of aromatic nitrogens is 3. The molecule has 0 radical (unpaired) electrons. The van der Waals surface area contributed by atoms with Gasteiger partial charge in [-0.15, -0.1) is 0 Å². The molecule has 2 aromatic heterocycles. The lowest BCUT2D eigenvalue weighted by atomic mass is 10.3. The van der Waals surface area contributed by atoms with Gasteiger partial charge in [0.05, 0.1) is 23.8 Å². The van der Waals surface area contributed by atoms with Crippen molar-refractivity contribution < 1.29 is 0 Å². The predicted octanol–water partition coefficient (Wildman–Crippen LogP) is 3.84. The van der Waals surface area contributed by atoms with E-state index in [1.807, 2.05) is 60.4 Å². The molecule has 3 aromatic rings. The predicted molar refractivity (Wildman–Crippen MR) is 84.9 cm³/mol. The Labute approximate surface area is 128 Å². The maximum Gasteiger partial charge on any atom is 0.132 e. The Kier molecular flexibility index (Phi) is 3.88. The van der Waals surface area contributed by atoms with Crippen LogP contribution in [-0.4, -0.2) is 14.8 Å². The van der Waals surface area contributed by atoms with Crippen LogP contribution < -0.4 is 5.32 Å². The Morgan fingerprint density at radius 1 is 1.19 bits per heavy atom. The SMILES string of the molecule is Cc1cc(NCc2cnn(-c3ccccc3)c2)cnc1Cl. The van der Waals surface area contributed by atoms with Crippen LogP contribution in [0.5, 0.6) is 0 Å². The standard InChI is InChI=1S/C16H15ClN4/c1-12-7-14(10-19-16(12)17)18-8-13-9-20-21(11-13)15-5-3-2-4-6-15/h2-7,9-11,18H,8H2,1H3. The summed E-state index contributed by atoms with van der Waals surface area (Å²) in [6.45, 7) is 2.63. The lowest BCUT2D eigenvalue weighted by Crippen LogP contribution is -1.99. The quantitative estimate of drug-likeness (QED) is 0.744. The zero-order valence-electron chi connectivity index (χ0n) is 11.6. The summed E-state index contributed by atoms with van der Waals surface area (Å²) in [6.07, 6.45) is 5.60. The van der Waals surface area contributed by atoms with Crippen LogP contribution in [0.2, 0.25) is 5.15 Å². The van der Waals surface area contributed by atoms with Gasteiger partial charge in [0.15, 0.2) is 0 Å². The monoisotopic (exact) mass is 298 g/mol. The van der Waals surface area contributed by atoms with Gasteiger partial charge >= 0.3 is 0 Å². The van der Waals surface area contributed by atoms with Crippen LogP contribution in [0.4, 0.5) is 5.69 Å². The molecule has 5 heteroatoms. The second kappa shape index (κ2) is 5.97. The Hall–Kier alpha value is -2.33. The molecular weight excluding hydrogens is 284 g/mol. The van der Waals surface area contributed by atoms with Gasteiger partial charge in [0.25, 0.3) is 0 Å². The molecule has 1 N–H and O–H groups in total. The van der Waals surface area contributed by atoms with Gasteiger partial charge in [-0.25, -0.2) is 9.67 Å². The number of para-hydroxylation sites is 1. The van der Waals surface area contributed by atoms with E-state index in [0.29, 0.717) is 11.7 Å². The minimum Gasteiger partial charge on any atom is -0.380 e. The smallest absolute Gasteiger partial charge is 0.132 e. The second-order valence-electron chi connectivity index (χ2n) is 4.81. The molecule has 106 valence electrons. The molecular formula is C16H15ClN4. The maximum atomic E-state index is 5.92. The summed E-state index contributed by atoms with van der Waals surface area (Å²) >= 11 is 5.92. The van der Waals surface area contributed by atoms with Gasteiger partial charge in [-0.1, -0.05) is 29.8 Å². The Morgan fingerprint density at radius 3 is 2.76 bits per heavy atom. The molecule has 0 aliphatic rings. The zero-order valence-corrected chi connectivity index (χ0v) is 12.4. The molecule has 0 aliphatic carbocycles. The first kappa shape index (κ1) is 13.6. The van der Waals surface area contributed by atoms with E-state index >= 15 is 0 Å². The molecule has 0 fully saturated rings. The number of halogens is 1. The fourth-order valence-electron chi connectivity index (χ4n) is 2.03. The van der Waals surface area contributed by atoms with E-state index < -0.39 is 0 Å². The highest BCUT2D eigenvalue weighted by Crippen LogP contribution is 2.17. The van der Waals surface area contributed by atoms with Crippen LogP contribution >= 0.6 is 11.6 Å². The molecule has 0 bridgehead atoms. The van der Waals surface area contributed by atoms with Crippen LogP contribution in [0, 0.1) is 6.92 Å². The number of aryl methyl sites for hydroxylation is 1. The van der Waals surface area contributed by atoms with Gasteiger partial charge in [0.1, 0.15) is 5.15 Å². The first-order chi connectivity index (χ1) is 10.2. The molecule has 0 aliphatic heterocycles. The topological polar surface area (TPSA) is 42.7 Å². The first-order valence-electron chi connectivity index (χ1n) is 6.67. The number of hydrogen-bond donors (Lipinski definition) is 1. The number of pyridine rings is 1. The highest BCUT2D eigenvalue weighted by atomic mass is 35.5. The van der Waals surface area contributed by atoms with Crippen molar-refractivity contribution >= 4 is 17.3 Å². The summed E-state index contributed by atoms with van der Waals surface area (Å²) < 4.78 is 1.86. The minimum absolute atomic E-state index is 0.539. The number of rotatable bonds is 4. The minimum atomic E-state index is 0.539. The molecule has 0 atom stereocenters. The highest BCUT2D eigenvalue weighted by Gasteiger charge is 2.02. The molecule has 4 nitrogen and oxygen atoms in total. The van der Waals surface area contributed by atoms with Crippen molar-refractivity contribution in [2.45, 2.75) is 13.5 Å². The molecule has 21 heavy (non-hydrogen) atoms. The van der Waals surface area contributed by atoms with Crippen molar-refractivity contribution in [3.8, 4) is 5.69 Å². The molecule has 0 unspecified atom stereocenters. The fraction of sp³-hybridized carbons (Fsp3) is 0.125. The van der Waals surface area contributed by atoms with E-state index in [2.05, 4.69) is 15.4 Å². The average Bonchev–Trinajstić information content (AvgIpc) is 2.98. The third-order valence-corrected chi connectivity index (χ3v) is 3.56. The number of benzene rings is 1. The fourth-order valence-corrected chi connectivity index (χ4v) is 2.14. The molecule has 0 saturated carbocycles. The third kappa shape index (κ3) is 3.23. The van der Waals surface area contributed by atoms with Crippen molar-refractivity contribution in [3.05, 3.63) is 71.3 Å². The molecule has 0 spiro atoms.